The summed E-state index contributed by atoms with van der Waals surface area (Å²) < 4.78 is 0. The molecule has 0 unspecified atom stereocenters. The van der Waals surface area contributed by atoms with Crippen molar-refractivity contribution in [1.82, 2.24) is 4.98 Å². The van der Waals surface area contributed by atoms with Gasteiger partial charge in [0.2, 0.25) is 0 Å². The second-order valence-electron chi connectivity index (χ2n) is 2.49. The van der Waals surface area contributed by atoms with E-state index < -0.39 is 0 Å². The number of anilines is 1. The van der Waals surface area contributed by atoms with Crippen LogP contribution in [-0.2, 0) is 0 Å². The second-order valence-corrected chi connectivity index (χ2v) is 3.38. The third-order valence-corrected chi connectivity index (χ3v) is 2.43. The SMILES string of the molecule is Nc1cccc(-c2cncs2)c1. The molecule has 0 spiro atoms. The van der Waals surface area contributed by atoms with Crippen LogP contribution in [0, 0.1) is 0 Å². The lowest BCUT2D eigenvalue weighted by molar-refractivity contribution is 1.42. The highest BCUT2D eigenvalue weighted by atomic mass is 32.1. The Hall–Kier alpha value is -1.35. The van der Waals surface area contributed by atoms with Crippen molar-refractivity contribution in [3.63, 3.8) is 0 Å². The fourth-order valence-electron chi connectivity index (χ4n) is 1.05. The van der Waals surface area contributed by atoms with Crippen molar-refractivity contribution >= 4 is 17.0 Å². The number of nitrogens with two attached hydrogens (primary N) is 1. The zero-order valence-electron chi connectivity index (χ0n) is 6.40. The summed E-state index contributed by atoms with van der Waals surface area (Å²) in [5, 5.41) is 0. The monoisotopic (exact) mass is 176 g/mol. The highest BCUT2D eigenvalue weighted by Gasteiger charge is 1.97. The molecule has 2 rings (SSSR count). The van der Waals surface area contributed by atoms with Crippen molar-refractivity contribution in [2.24, 2.45) is 0 Å². The van der Waals surface area contributed by atoms with E-state index in [4.69, 9.17) is 5.73 Å². The van der Waals surface area contributed by atoms with Crippen LogP contribution in [0.3, 0.4) is 0 Å². The summed E-state index contributed by atoms with van der Waals surface area (Å²) >= 11 is 1.62. The maximum Gasteiger partial charge on any atom is 0.0797 e. The first kappa shape index (κ1) is 7.31. The molecule has 12 heavy (non-hydrogen) atoms. The zero-order valence-corrected chi connectivity index (χ0v) is 7.21. The average Bonchev–Trinajstić information content (AvgIpc) is 2.56. The number of rotatable bonds is 1. The van der Waals surface area contributed by atoms with E-state index in [-0.39, 0.29) is 0 Å². The van der Waals surface area contributed by atoms with E-state index in [0.29, 0.717) is 0 Å². The van der Waals surface area contributed by atoms with Crippen molar-refractivity contribution in [2.75, 3.05) is 5.73 Å². The average molecular weight is 176 g/mol. The quantitative estimate of drug-likeness (QED) is 0.677. The van der Waals surface area contributed by atoms with E-state index in [1.807, 2.05) is 36.0 Å². The third kappa shape index (κ3) is 1.31. The maximum atomic E-state index is 5.65. The van der Waals surface area contributed by atoms with Crippen LogP contribution in [0.5, 0.6) is 0 Å². The van der Waals surface area contributed by atoms with Gasteiger partial charge in [-0.25, -0.2) is 0 Å². The molecule has 0 aliphatic heterocycles. The van der Waals surface area contributed by atoms with Crippen LogP contribution in [0.1, 0.15) is 0 Å². The molecule has 1 aromatic heterocycles. The van der Waals surface area contributed by atoms with E-state index in [9.17, 15) is 0 Å². The van der Waals surface area contributed by atoms with Gasteiger partial charge in [0.15, 0.2) is 0 Å². The lowest BCUT2D eigenvalue weighted by atomic mass is 10.2. The summed E-state index contributed by atoms with van der Waals surface area (Å²) in [7, 11) is 0. The first-order valence-electron chi connectivity index (χ1n) is 3.60. The predicted molar refractivity (Wildman–Crippen MR) is 52.0 cm³/mol. The number of thiazole rings is 1. The molecule has 1 heterocycles. The number of hydrogen-bond acceptors (Lipinski definition) is 3. The topological polar surface area (TPSA) is 38.9 Å². The summed E-state index contributed by atoms with van der Waals surface area (Å²) in [6.07, 6.45) is 1.85. The van der Waals surface area contributed by atoms with Gasteiger partial charge in [-0.15, -0.1) is 11.3 Å². The molecule has 0 saturated carbocycles. The van der Waals surface area contributed by atoms with Crippen LogP contribution in [0.2, 0.25) is 0 Å². The van der Waals surface area contributed by atoms with Gasteiger partial charge < -0.3 is 5.73 Å². The minimum absolute atomic E-state index is 0.793. The molecule has 0 fully saturated rings. The van der Waals surface area contributed by atoms with Gasteiger partial charge in [-0.05, 0) is 17.7 Å². The number of nitrogen functional groups attached to an aromatic ring is 1. The maximum absolute atomic E-state index is 5.65. The molecule has 0 amide bonds. The molecule has 0 atom stereocenters. The Balaban J connectivity index is 2.48. The highest BCUT2D eigenvalue weighted by molar-refractivity contribution is 7.13. The number of nitrogens with zero attached hydrogens (tertiary/aromatic N) is 1. The summed E-state index contributed by atoms with van der Waals surface area (Å²) in [5.74, 6) is 0. The van der Waals surface area contributed by atoms with Crippen molar-refractivity contribution in [3.8, 4) is 10.4 Å². The van der Waals surface area contributed by atoms with Crippen LogP contribution in [0.15, 0.2) is 36.0 Å². The Labute approximate surface area is 74.7 Å². The Morgan fingerprint density at radius 2 is 2.25 bits per heavy atom. The highest BCUT2D eigenvalue weighted by Crippen LogP contribution is 2.24. The Kier molecular flexibility index (Phi) is 1.80. The molecule has 2 aromatic rings. The third-order valence-electron chi connectivity index (χ3n) is 1.60. The van der Waals surface area contributed by atoms with Crippen molar-refractivity contribution in [1.29, 1.82) is 0 Å². The fourth-order valence-corrected chi connectivity index (χ4v) is 1.67. The largest absolute Gasteiger partial charge is 0.399 e. The van der Waals surface area contributed by atoms with Gasteiger partial charge in [0.1, 0.15) is 0 Å². The van der Waals surface area contributed by atoms with Crippen LogP contribution < -0.4 is 5.73 Å². The summed E-state index contributed by atoms with van der Waals surface area (Å²) in [6, 6.07) is 7.81. The predicted octanol–water partition coefficient (Wildman–Crippen LogP) is 2.39. The Bertz CT molecular complexity index is 368. The van der Waals surface area contributed by atoms with Crippen LogP contribution in [0.4, 0.5) is 5.69 Å². The Morgan fingerprint density at radius 3 is 2.92 bits per heavy atom. The van der Waals surface area contributed by atoms with Crippen LogP contribution >= 0.6 is 11.3 Å². The lowest BCUT2D eigenvalue weighted by Gasteiger charge is -1.96. The molecule has 0 saturated heterocycles. The first-order chi connectivity index (χ1) is 5.86. The molecule has 2 nitrogen and oxygen atoms in total. The number of hydrogen-bond donors (Lipinski definition) is 1. The molecule has 2 N–H and O–H groups in total. The normalized spacial score (nSPS) is 10.0. The van der Waals surface area contributed by atoms with Crippen LogP contribution in [-0.4, -0.2) is 4.98 Å². The van der Waals surface area contributed by atoms with Crippen molar-refractivity contribution < 1.29 is 0 Å². The number of benzene rings is 1. The van der Waals surface area contributed by atoms with Gasteiger partial charge in [-0.1, -0.05) is 12.1 Å². The van der Waals surface area contributed by atoms with E-state index in [1.165, 1.54) is 0 Å². The van der Waals surface area contributed by atoms with Crippen molar-refractivity contribution in [3.05, 3.63) is 36.0 Å². The molecule has 1 aromatic carbocycles. The molecule has 0 aliphatic carbocycles. The van der Waals surface area contributed by atoms with E-state index >= 15 is 0 Å². The molecule has 0 bridgehead atoms. The smallest absolute Gasteiger partial charge is 0.0797 e. The van der Waals surface area contributed by atoms with Crippen LogP contribution in [0.25, 0.3) is 10.4 Å². The molecule has 0 radical (unpaired) electrons. The molecular formula is C9H8N2S. The van der Waals surface area contributed by atoms with E-state index in [0.717, 1.165) is 16.1 Å². The molecule has 3 heteroatoms. The number of aromatic nitrogens is 1. The summed E-state index contributed by atoms with van der Waals surface area (Å²) in [6.45, 7) is 0. The first-order valence-corrected chi connectivity index (χ1v) is 4.48. The minimum atomic E-state index is 0.793. The van der Waals surface area contributed by atoms with Gasteiger partial charge in [-0.3, -0.25) is 4.98 Å². The van der Waals surface area contributed by atoms with Gasteiger partial charge in [0.05, 0.1) is 10.4 Å². The second kappa shape index (κ2) is 2.95. The molecule has 0 aliphatic rings. The fraction of sp³-hybridized carbons (Fsp3) is 0. The van der Waals surface area contributed by atoms with Gasteiger partial charge in [0.25, 0.3) is 0 Å². The molecular weight excluding hydrogens is 168 g/mol. The summed E-state index contributed by atoms with van der Waals surface area (Å²) in [5.41, 5.74) is 9.40. The minimum Gasteiger partial charge on any atom is -0.399 e. The van der Waals surface area contributed by atoms with Gasteiger partial charge >= 0.3 is 0 Å². The standard InChI is InChI=1S/C9H8N2S/c10-8-3-1-2-7(4-8)9-5-11-6-12-9/h1-6H,10H2. The van der Waals surface area contributed by atoms with E-state index in [2.05, 4.69) is 4.98 Å². The van der Waals surface area contributed by atoms with Gasteiger partial charge in [-0.2, -0.15) is 0 Å². The molecule has 60 valence electrons. The Morgan fingerprint density at radius 1 is 1.33 bits per heavy atom. The van der Waals surface area contributed by atoms with E-state index in [1.54, 1.807) is 11.3 Å². The summed E-state index contributed by atoms with van der Waals surface area (Å²) in [4.78, 5) is 5.16. The van der Waals surface area contributed by atoms with Crippen molar-refractivity contribution in [2.45, 2.75) is 0 Å². The lowest BCUT2D eigenvalue weighted by Crippen LogP contribution is -1.83. The van der Waals surface area contributed by atoms with Gasteiger partial charge in [0, 0.05) is 11.9 Å². The zero-order chi connectivity index (χ0) is 8.39.